The average molecular weight is 483 g/mol. The fourth-order valence-electron chi connectivity index (χ4n) is 3.19. The number of aromatic nitrogens is 1. The minimum absolute atomic E-state index is 0.0239. The van der Waals surface area contributed by atoms with Gasteiger partial charge in [-0.05, 0) is 53.8 Å². The van der Waals surface area contributed by atoms with Crippen LogP contribution in [0, 0.1) is 0 Å². The van der Waals surface area contributed by atoms with E-state index in [1.165, 1.54) is 41.7 Å². The van der Waals surface area contributed by atoms with Crippen LogP contribution in [0.3, 0.4) is 0 Å². The van der Waals surface area contributed by atoms with E-state index in [-0.39, 0.29) is 33.7 Å². The lowest BCUT2D eigenvalue weighted by molar-refractivity contribution is 0.0955. The van der Waals surface area contributed by atoms with E-state index in [0.29, 0.717) is 11.5 Å². The molecule has 4 rings (SSSR count). The summed E-state index contributed by atoms with van der Waals surface area (Å²) in [7, 11) is -3.81. The number of amides is 1. The van der Waals surface area contributed by atoms with E-state index in [4.69, 9.17) is 4.74 Å². The fourth-order valence-corrected chi connectivity index (χ4v) is 5.41. The SMILES string of the molecule is CCCOc1ccc(S(=O)(=O)c2ccc(CNC(=O)c3cc4ccncc4s3)cc2)cc1O. The molecule has 0 saturated carbocycles. The predicted octanol–water partition coefficient (Wildman–Crippen LogP) is 4.55. The minimum Gasteiger partial charge on any atom is -0.504 e. The van der Waals surface area contributed by atoms with Crippen molar-refractivity contribution >= 4 is 37.2 Å². The number of carbonyl (C=O) groups excluding carboxylic acids is 1. The molecule has 2 heterocycles. The Labute approximate surface area is 195 Å². The molecule has 0 aliphatic carbocycles. The van der Waals surface area contributed by atoms with Gasteiger partial charge in [-0.15, -0.1) is 11.3 Å². The van der Waals surface area contributed by atoms with E-state index < -0.39 is 9.84 Å². The van der Waals surface area contributed by atoms with Crippen LogP contribution in [0.4, 0.5) is 0 Å². The Bertz CT molecular complexity index is 1360. The van der Waals surface area contributed by atoms with Crippen molar-refractivity contribution in [1.29, 1.82) is 0 Å². The van der Waals surface area contributed by atoms with Crippen LogP contribution < -0.4 is 10.1 Å². The molecule has 33 heavy (non-hydrogen) atoms. The summed E-state index contributed by atoms with van der Waals surface area (Å²) in [5.41, 5.74) is 0.760. The Balaban J connectivity index is 1.44. The summed E-state index contributed by atoms with van der Waals surface area (Å²) in [5.74, 6) is -0.175. The lowest BCUT2D eigenvalue weighted by Crippen LogP contribution is -2.21. The highest BCUT2D eigenvalue weighted by atomic mass is 32.2. The van der Waals surface area contributed by atoms with E-state index in [1.807, 2.05) is 19.1 Å². The van der Waals surface area contributed by atoms with Crippen LogP contribution in [-0.4, -0.2) is 31.0 Å². The van der Waals surface area contributed by atoms with Crippen LogP contribution in [0.5, 0.6) is 11.5 Å². The van der Waals surface area contributed by atoms with Gasteiger partial charge in [0.05, 0.1) is 26.0 Å². The van der Waals surface area contributed by atoms with Crippen molar-refractivity contribution in [3.05, 3.63) is 77.4 Å². The number of carbonyl (C=O) groups is 1. The van der Waals surface area contributed by atoms with Gasteiger partial charge >= 0.3 is 0 Å². The first kappa shape index (κ1) is 22.8. The van der Waals surface area contributed by atoms with E-state index in [2.05, 4.69) is 10.3 Å². The van der Waals surface area contributed by atoms with Gasteiger partial charge in [0.1, 0.15) is 0 Å². The second-order valence-electron chi connectivity index (χ2n) is 7.33. The van der Waals surface area contributed by atoms with Gasteiger partial charge in [0.2, 0.25) is 9.84 Å². The van der Waals surface area contributed by atoms with Crippen LogP contribution in [0.1, 0.15) is 28.6 Å². The largest absolute Gasteiger partial charge is 0.504 e. The van der Waals surface area contributed by atoms with Gasteiger partial charge < -0.3 is 15.2 Å². The number of hydrogen-bond donors (Lipinski definition) is 2. The molecule has 0 aliphatic heterocycles. The molecule has 9 heteroatoms. The zero-order valence-corrected chi connectivity index (χ0v) is 19.4. The standard InChI is InChI=1S/C24H22N2O5S2/c1-2-11-31-21-8-7-19(13-20(21)27)33(29,30)18-5-3-16(4-6-18)14-26-24(28)22-12-17-9-10-25-15-23(17)32-22/h3-10,12-13,15,27H,2,11,14H2,1H3,(H,26,28). The third kappa shape index (κ3) is 4.99. The maximum absolute atomic E-state index is 12.9. The van der Waals surface area contributed by atoms with Gasteiger partial charge in [-0.3, -0.25) is 9.78 Å². The minimum atomic E-state index is -3.81. The van der Waals surface area contributed by atoms with Gasteiger partial charge in [-0.1, -0.05) is 19.1 Å². The van der Waals surface area contributed by atoms with Crippen LogP contribution in [0.15, 0.2) is 76.8 Å². The molecule has 2 aromatic carbocycles. The van der Waals surface area contributed by atoms with Crippen molar-refractivity contribution in [3.63, 3.8) is 0 Å². The summed E-state index contributed by atoms with van der Waals surface area (Å²) in [6.45, 7) is 2.63. The van der Waals surface area contributed by atoms with Crippen LogP contribution in [-0.2, 0) is 16.4 Å². The number of aromatic hydroxyl groups is 1. The van der Waals surface area contributed by atoms with Gasteiger partial charge in [-0.25, -0.2) is 8.42 Å². The summed E-state index contributed by atoms with van der Waals surface area (Å²) in [4.78, 5) is 17.2. The number of nitrogens with zero attached hydrogens (tertiary/aromatic N) is 1. The lowest BCUT2D eigenvalue weighted by atomic mass is 10.2. The van der Waals surface area contributed by atoms with E-state index >= 15 is 0 Å². The Kier molecular flexibility index (Phi) is 6.62. The van der Waals surface area contributed by atoms with Crippen molar-refractivity contribution in [1.82, 2.24) is 10.3 Å². The third-order valence-corrected chi connectivity index (χ3v) is 7.79. The van der Waals surface area contributed by atoms with E-state index in [9.17, 15) is 18.3 Å². The molecule has 1 amide bonds. The lowest BCUT2D eigenvalue weighted by Gasteiger charge is -2.10. The van der Waals surface area contributed by atoms with Crippen LogP contribution in [0.25, 0.3) is 10.1 Å². The maximum atomic E-state index is 12.9. The fraction of sp³-hybridized carbons (Fsp3) is 0.167. The average Bonchev–Trinajstić information content (AvgIpc) is 3.26. The predicted molar refractivity (Wildman–Crippen MR) is 127 cm³/mol. The summed E-state index contributed by atoms with van der Waals surface area (Å²) >= 11 is 1.37. The van der Waals surface area contributed by atoms with Crippen molar-refractivity contribution in [2.45, 2.75) is 29.7 Å². The highest BCUT2D eigenvalue weighted by Gasteiger charge is 2.20. The number of phenols is 1. The molecule has 7 nitrogen and oxygen atoms in total. The van der Waals surface area contributed by atoms with Gasteiger partial charge in [-0.2, -0.15) is 0 Å². The van der Waals surface area contributed by atoms with Crippen molar-refractivity contribution in [2.24, 2.45) is 0 Å². The Morgan fingerprint density at radius 2 is 1.85 bits per heavy atom. The number of hydrogen-bond acceptors (Lipinski definition) is 7. The number of phenolic OH excluding ortho intramolecular Hbond substituents is 1. The molecule has 170 valence electrons. The number of pyridine rings is 1. The van der Waals surface area contributed by atoms with Crippen molar-refractivity contribution in [2.75, 3.05) is 6.61 Å². The molecule has 2 N–H and O–H groups in total. The van der Waals surface area contributed by atoms with E-state index in [1.54, 1.807) is 24.5 Å². The normalized spacial score (nSPS) is 11.4. The maximum Gasteiger partial charge on any atom is 0.261 e. The van der Waals surface area contributed by atoms with Crippen molar-refractivity contribution < 1.29 is 23.1 Å². The number of sulfone groups is 1. The second kappa shape index (κ2) is 9.60. The Hall–Kier alpha value is -3.43. The molecule has 0 spiro atoms. The number of thiophene rings is 1. The summed E-state index contributed by atoms with van der Waals surface area (Å²) in [6.07, 6.45) is 4.18. The molecule has 4 aromatic rings. The van der Waals surface area contributed by atoms with Crippen LogP contribution >= 0.6 is 11.3 Å². The number of fused-ring (bicyclic) bond motifs is 1. The first-order valence-corrected chi connectivity index (χ1v) is 12.6. The summed E-state index contributed by atoms with van der Waals surface area (Å²) in [6, 6.07) is 14.0. The van der Waals surface area contributed by atoms with Gasteiger partial charge in [0.25, 0.3) is 5.91 Å². The highest BCUT2D eigenvalue weighted by Crippen LogP contribution is 2.31. The summed E-state index contributed by atoms with van der Waals surface area (Å²) in [5, 5.41) is 13.9. The monoisotopic (exact) mass is 482 g/mol. The quantitative estimate of drug-likeness (QED) is 0.382. The number of ether oxygens (including phenoxy) is 1. The number of nitrogens with one attached hydrogen (secondary N) is 1. The van der Waals surface area contributed by atoms with E-state index in [0.717, 1.165) is 22.1 Å². The third-order valence-electron chi connectivity index (χ3n) is 4.94. The zero-order valence-electron chi connectivity index (χ0n) is 17.8. The number of benzene rings is 2. The molecule has 0 saturated heterocycles. The van der Waals surface area contributed by atoms with Gasteiger partial charge in [0.15, 0.2) is 11.5 Å². The first-order valence-electron chi connectivity index (χ1n) is 10.3. The Morgan fingerprint density at radius 1 is 1.09 bits per heavy atom. The zero-order chi connectivity index (χ0) is 23.4. The molecular weight excluding hydrogens is 460 g/mol. The number of rotatable bonds is 8. The molecule has 0 radical (unpaired) electrons. The van der Waals surface area contributed by atoms with Crippen molar-refractivity contribution in [3.8, 4) is 11.5 Å². The second-order valence-corrected chi connectivity index (χ2v) is 10.4. The molecule has 0 unspecified atom stereocenters. The Morgan fingerprint density at radius 3 is 2.55 bits per heavy atom. The highest BCUT2D eigenvalue weighted by molar-refractivity contribution is 7.91. The topological polar surface area (TPSA) is 106 Å². The molecule has 0 bridgehead atoms. The molecule has 0 aliphatic rings. The molecule has 2 aromatic heterocycles. The summed E-state index contributed by atoms with van der Waals surface area (Å²) < 4.78 is 32.2. The van der Waals surface area contributed by atoms with Crippen LogP contribution in [0.2, 0.25) is 0 Å². The molecular formula is C24H22N2O5S2. The van der Waals surface area contributed by atoms with Gasteiger partial charge in [0, 0.05) is 25.0 Å². The molecule has 0 atom stereocenters. The first-order chi connectivity index (χ1) is 15.9. The molecule has 0 fully saturated rings. The smallest absolute Gasteiger partial charge is 0.261 e.